The molecule has 0 unspecified atom stereocenters. The van der Waals surface area contributed by atoms with Crippen LogP contribution < -0.4 is 0 Å². The highest BCUT2D eigenvalue weighted by Gasteiger charge is 2.50. The first-order valence-corrected chi connectivity index (χ1v) is 15.2. The topological polar surface area (TPSA) is 30.7 Å². The summed E-state index contributed by atoms with van der Waals surface area (Å²) in [5.74, 6) is 0. The summed E-state index contributed by atoms with van der Waals surface area (Å²) in [7, 11) is 0. The molecule has 0 atom stereocenters. The van der Waals surface area contributed by atoms with E-state index in [4.69, 9.17) is 9.97 Å². The minimum atomic E-state index is -0.419. The van der Waals surface area contributed by atoms with Crippen LogP contribution in [0.25, 0.3) is 71.2 Å². The molecule has 0 saturated heterocycles. The fourth-order valence-corrected chi connectivity index (χ4v) is 8.77. The summed E-state index contributed by atoms with van der Waals surface area (Å²) < 4.78 is 2.51. The third-order valence-electron chi connectivity index (χ3n) is 10.3. The molecule has 3 heterocycles. The van der Waals surface area contributed by atoms with Gasteiger partial charge in [-0.05, 0) is 56.3 Å². The van der Waals surface area contributed by atoms with Crippen molar-refractivity contribution < 1.29 is 0 Å². The van der Waals surface area contributed by atoms with E-state index in [1.165, 1.54) is 77.0 Å². The molecule has 3 nitrogen and oxygen atoms in total. The van der Waals surface area contributed by atoms with Crippen molar-refractivity contribution in [3.8, 4) is 16.8 Å². The van der Waals surface area contributed by atoms with Crippen LogP contribution in [0.2, 0.25) is 0 Å². The number of fused-ring (bicyclic) bond motifs is 19. The Hall–Kier alpha value is -5.80. The highest BCUT2D eigenvalue weighted by molar-refractivity contribution is 6.34. The summed E-state index contributed by atoms with van der Waals surface area (Å²) >= 11 is 0. The van der Waals surface area contributed by atoms with Gasteiger partial charge in [0.05, 0.1) is 33.2 Å². The lowest BCUT2D eigenvalue weighted by Crippen LogP contribution is -2.33. The molecule has 9 aromatic rings. The molecule has 202 valence electrons. The lowest BCUT2D eigenvalue weighted by molar-refractivity contribution is 0.748. The zero-order valence-electron chi connectivity index (χ0n) is 23.6. The highest BCUT2D eigenvalue weighted by Crippen LogP contribution is 2.61. The van der Waals surface area contributed by atoms with Crippen LogP contribution in [0, 0.1) is 0 Å². The molecule has 0 bridgehead atoms. The molecular formula is C41H23N3. The zero-order valence-corrected chi connectivity index (χ0v) is 23.6. The minimum Gasteiger partial charge on any atom is -0.309 e. The van der Waals surface area contributed by atoms with Crippen molar-refractivity contribution in [2.75, 3.05) is 0 Å². The predicted molar refractivity (Wildman–Crippen MR) is 180 cm³/mol. The normalized spacial score (nSPS) is 14.1. The first kappa shape index (κ1) is 22.8. The van der Waals surface area contributed by atoms with E-state index in [-0.39, 0.29) is 0 Å². The second kappa shape index (κ2) is 7.77. The van der Waals surface area contributed by atoms with Crippen LogP contribution >= 0.6 is 0 Å². The van der Waals surface area contributed by atoms with Crippen molar-refractivity contribution in [1.29, 1.82) is 0 Å². The van der Waals surface area contributed by atoms with E-state index in [1.54, 1.807) is 0 Å². The van der Waals surface area contributed by atoms with Gasteiger partial charge in [-0.15, -0.1) is 0 Å². The summed E-state index contributed by atoms with van der Waals surface area (Å²) in [5.41, 5.74) is 13.2. The van der Waals surface area contributed by atoms with E-state index in [0.717, 1.165) is 16.4 Å². The van der Waals surface area contributed by atoms with E-state index >= 15 is 0 Å². The van der Waals surface area contributed by atoms with Gasteiger partial charge < -0.3 is 4.57 Å². The maximum atomic E-state index is 4.99. The molecule has 11 rings (SSSR count). The van der Waals surface area contributed by atoms with Crippen molar-refractivity contribution >= 4 is 54.4 Å². The number of rotatable bonds is 0. The van der Waals surface area contributed by atoms with Crippen LogP contribution in [0.5, 0.6) is 0 Å². The monoisotopic (exact) mass is 557 g/mol. The van der Waals surface area contributed by atoms with Crippen LogP contribution in [0.4, 0.5) is 0 Å². The standard InChI is InChI=1S/C41H23N3/c1-2-13-28-24(10-1)27-20-21-35-36(37(27)39-38(28)42-22-23-43-39)29-14-9-18-33-40(29)44(35)34-19-8-7-17-32(34)41(33)30-15-5-3-11-25(30)26-12-4-6-16-31(26)41/h1-23H. The van der Waals surface area contributed by atoms with Crippen molar-refractivity contribution in [3.63, 3.8) is 0 Å². The fraction of sp³-hybridized carbons (Fsp3) is 0.0244. The Balaban J connectivity index is 1.43. The maximum Gasteiger partial charge on any atom is 0.0978 e. The Morgan fingerprint density at radius 2 is 1.05 bits per heavy atom. The average Bonchev–Trinajstić information content (AvgIpc) is 3.59. The van der Waals surface area contributed by atoms with E-state index in [0.29, 0.717) is 0 Å². The van der Waals surface area contributed by atoms with Gasteiger partial charge >= 0.3 is 0 Å². The molecule has 2 aliphatic rings. The Morgan fingerprint density at radius 3 is 1.84 bits per heavy atom. The smallest absolute Gasteiger partial charge is 0.0978 e. The number of para-hydroxylation sites is 2. The van der Waals surface area contributed by atoms with Gasteiger partial charge in [-0.3, -0.25) is 9.97 Å². The first-order valence-electron chi connectivity index (χ1n) is 15.2. The van der Waals surface area contributed by atoms with Crippen LogP contribution in [-0.4, -0.2) is 14.5 Å². The highest BCUT2D eigenvalue weighted by atomic mass is 15.0. The SMILES string of the molecule is c1ccc2c(c1)-c1ccccc1C21c2ccccc2-n2c3ccc4c5ccccc5c5nccnc5c4c3c3cccc1c32. The molecule has 2 aromatic heterocycles. The van der Waals surface area contributed by atoms with E-state index < -0.39 is 5.41 Å². The predicted octanol–water partition coefficient (Wildman–Crippen LogP) is 9.71. The number of aromatic nitrogens is 3. The van der Waals surface area contributed by atoms with Gasteiger partial charge in [-0.2, -0.15) is 0 Å². The molecular weight excluding hydrogens is 534 g/mol. The summed E-state index contributed by atoms with van der Waals surface area (Å²) in [4.78, 5) is 9.87. The largest absolute Gasteiger partial charge is 0.309 e. The summed E-state index contributed by atoms with van der Waals surface area (Å²) in [6.45, 7) is 0. The fourth-order valence-electron chi connectivity index (χ4n) is 8.77. The van der Waals surface area contributed by atoms with E-state index in [2.05, 4.69) is 132 Å². The van der Waals surface area contributed by atoms with Crippen molar-refractivity contribution in [2.45, 2.75) is 5.41 Å². The average molecular weight is 558 g/mol. The molecule has 1 aliphatic heterocycles. The van der Waals surface area contributed by atoms with Gasteiger partial charge in [0.15, 0.2) is 0 Å². The molecule has 1 aliphatic carbocycles. The van der Waals surface area contributed by atoms with Gasteiger partial charge in [0, 0.05) is 33.9 Å². The molecule has 0 fully saturated rings. The zero-order chi connectivity index (χ0) is 28.6. The molecule has 3 heteroatoms. The Labute approximate surface area is 252 Å². The van der Waals surface area contributed by atoms with Gasteiger partial charge in [0.25, 0.3) is 0 Å². The number of nitrogens with zero attached hydrogens (tertiary/aromatic N) is 3. The molecule has 7 aromatic carbocycles. The molecule has 0 N–H and O–H groups in total. The number of benzene rings is 7. The molecule has 44 heavy (non-hydrogen) atoms. The Bertz CT molecular complexity index is 2650. The van der Waals surface area contributed by atoms with Gasteiger partial charge in [0.2, 0.25) is 0 Å². The second-order valence-electron chi connectivity index (χ2n) is 12.1. The molecule has 0 saturated carbocycles. The maximum absolute atomic E-state index is 4.99. The molecule has 0 radical (unpaired) electrons. The van der Waals surface area contributed by atoms with Crippen LogP contribution in [0.15, 0.2) is 140 Å². The van der Waals surface area contributed by atoms with E-state index in [9.17, 15) is 0 Å². The molecule has 1 spiro atoms. The lowest BCUT2D eigenvalue weighted by Gasteiger charge is -2.39. The van der Waals surface area contributed by atoms with Crippen LogP contribution in [-0.2, 0) is 5.41 Å². The third-order valence-corrected chi connectivity index (χ3v) is 10.3. The third kappa shape index (κ3) is 2.42. The Kier molecular flexibility index (Phi) is 4.02. The van der Waals surface area contributed by atoms with Crippen molar-refractivity contribution in [2.24, 2.45) is 0 Å². The molecule has 0 amide bonds. The second-order valence-corrected chi connectivity index (χ2v) is 12.1. The number of hydrogen-bond acceptors (Lipinski definition) is 2. The van der Waals surface area contributed by atoms with Gasteiger partial charge in [-0.1, -0.05) is 115 Å². The first-order chi connectivity index (χ1) is 21.9. The van der Waals surface area contributed by atoms with Gasteiger partial charge in [0.1, 0.15) is 0 Å². The van der Waals surface area contributed by atoms with Crippen LogP contribution in [0.3, 0.4) is 0 Å². The summed E-state index contributed by atoms with van der Waals surface area (Å²) in [5, 5.41) is 7.22. The Morgan fingerprint density at radius 1 is 0.432 bits per heavy atom. The quantitative estimate of drug-likeness (QED) is 0.174. The van der Waals surface area contributed by atoms with Gasteiger partial charge in [-0.25, -0.2) is 0 Å². The minimum absolute atomic E-state index is 0.419. The van der Waals surface area contributed by atoms with Crippen molar-refractivity contribution in [3.05, 3.63) is 162 Å². The number of hydrogen-bond donors (Lipinski definition) is 0. The lowest BCUT2D eigenvalue weighted by atomic mass is 9.65. The summed E-state index contributed by atoms with van der Waals surface area (Å²) in [6.07, 6.45) is 3.64. The van der Waals surface area contributed by atoms with Crippen LogP contribution in [0.1, 0.15) is 22.3 Å². The van der Waals surface area contributed by atoms with Crippen molar-refractivity contribution in [1.82, 2.24) is 14.5 Å². The van der Waals surface area contributed by atoms with E-state index in [1.807, 2.05) is 12.4 Å². The summed E-state index contributed by atoms with van der Waals surface area (Å²) in [6, 6.07) is 47.2.